The van der Waals surface area contributed by atoms with Gasteiger partial charge in [-0.1, -0.05) is 0 Å². The number of aromatic nitrogens is 1. The number of aryl methyl sites for hydroxylation is 2. The molecular weight excluding hydrogens is 226 g/mol. The molecule has 94 valence electrons. The standard InChI is InChI=1S/C10H15N3O4/c1-5-6(2)17-10(11-5)13-9(15)12-7-3-16-4-8(7)14/h7-8,14H,3-4H2,1-2H3,(H2,11,12,13,15)/t7-,8+/m1/s1. The molecule has 0 aromatic carbocycles. The molecular formula is C10H15N3O4. The van der Waals surface area contributed by atoms with Gasteiger partial charge in [-0.15, -0.1) is 0 Å². The lowest BCUT2D eigenvalue weighted by Crippen LogP contribution is -2.44. The van der Waals surface area contributed by atoms with Crippen LogP contribution in [0.1, 0.15) is 11.5 Å². The summed E-state index contributed by atoms with van der Waals surface area (Å²) in [4.78, 5) is 15.6. The largest absolute Gasteiger partial charge is 0.428 e. The number of amides is 2. The van der Waals surface area contributed by atoms with Gasteiger partial charge in [-0.2, -0.15) is 4.98 Å². The number of anilines is 1. The molecule has 2 amide bonds. The summed E-state index contributed by atoms with van der Waals surface area (Å²) in [5.41, 5.74) is 0.726. The summed E-state index contributed by atoms with van der Waals surface area (Å²) in [5.74, 6) is 0.657. The lowest BCUT2D eigenvalue weighted by atomic mass is 10.2. The Bertz CT molecular complexity index is 398. The highest BCUT2D eigenvalue weighted by Crippen LogP contribution is 2.12. The van der Waals surface area contributed by atoms with Crippen LogP contribution in [0, 0.1) is 13.8 Å². The van der Waals surface area contributed by atoms with Crippen LogP contribution in [0.2, 0.25) is 0 Å². The van der Waals surface area contributed by atoms with E-state index < -0.39 is 18.2 Å². The SMILES string of the molecule is Cc1nc(NC(=O)N[C@@H]2COC[C@@H]2O)oc1C. The molecule has 0 radical (unpaired) electrons. The number of nitrogens with zero attached hydrogens (tertiary/aromatic N) is 1. The van der Waals surface area contributed by atoms with E-state index in [4.69, 9.17) is 9.15 Å². The molecule has 0 aliphatic carbocycles. The smallest absolute Gasteiger partial charge is 0.323 e. The summed E-state index contributed by atoms with van der Waals surface area (Å²) in [6.07, 6.45) is -0.672. The van der Waals surface area contributed by atoms with Crippen molar-refractivity contribution in [3.63, 3.8) is 0 Å². The highest BCUT2D eigenvalue weighted by Gasteiger charge is 2.27. The van der Waals surface area contributed by atoms with Gasteiger partial charge in [-0.05, 0) is 13.8 Å². The van der Waals surface area contributed by atoms with Gasteiger partial charge in [0.05, 0.1) is 31.1 Å². The highest BCUT2D eigenvalue weighted by atomic mass is 16.5. The molecule has 2 atom stereocenters. The number of rotatable bonds is 2. The highest BCUT2D eigenvalue weighted by molar-refractivity contribution is 5.87. The van der Waals surface area contributed by atoms with Gasteiger partial charge in [-0.3, -0.25) is 5.32 Å². The van der Waals surface area contributed by atoms with E-state index in [2.05, 4.69) is 15.6 Å². The molecule has 0 unspecified atom stereocenters. The molecule has 7 nitrogen and oxygen atoms in total. The third-order valence-corrected chi connectivity index (χ3v) is 2.62. The summed E-state index contributed by atoms with van der Waals surface area (Å²) in [6, 6.07) is -0.723. The van der Waals surface area contributed by atoms with Crippen LogP contribution in [0.15, 0.2) is 4.42 Å². The van der Waals surface area contributed by atoms with E-state index in [0.29, 0.717) is 12.4 Å². The van der Waals surface area contributed by atoms with E-state index in [1.54, 1.807) is 13.8 Å². The molecule has 1 aliphatic heterocycles. The fourth-order valence-corrected chi connectivity index (χ4v) is 1.51. The second-order valence-electron chi connectivity index (χ2n) is 3.97. The van der Waals surface area contributed by atoms with E-state index in [9.17, 15) is 9.90 Å². The van der Waals surface area contributed by atoms with Crippen LogP contribution < -0.4 is 10.6 Å². The first kappa shape index (κ1) is 11.9. The monoisotopic (exact) mass is 241 g/mol. The molecule has 3 N–H and O–H groups in total. The summed E-state index contributed by atoms with van der Waals surface area (Å²) < 4.78 is 10.2. The second kappa shape index (κ2) is 4.72. The van der Waals surface area contributed by atoms with E-state index in [-0.39, 0.29) is 12.6 Å². The van der Waals surface area contributed by atoms with E-state index in [0.717, 1.165) is 5.69 Å². The Morgan fingerprint density at radius 1 is 1.47 bits per heavy atom. The zero-order valence-electron chi connectivity index (χ0n) is 9.69. The fourth-order valence-electron chi connectivity index (χ4n) is 1.51. The number of urea groups is 1. The molecule has 1 fully saturated rings. The Balaban J connectivity index is 1.88. The first-order valence-corrected chi connectivity index (χ1v) is 5.33. The minimum atomic E-state index is -0.672. The molecule has 1 saturated heterocycles. The third-order valence-electron chi connectivity index (χ3n) is 2.62. The normalized spacial score (nSPS) is 23.7. The Kier molecular flexibility index (Phi) is 3.30. The van der Waals surface area contributed by atoms with Crippen molar-refractivity contribution in [2.45, 2.75) is 26.0 Å². The second-order valence-corrected chi connectivity index (χ2v) is 3.97. The lowest BCUT2D eigenvalue weighted by Gasteiger charge is -2.13. The van der Waals surface area contributed by atoms with E-state index in [1.165, 1.54) is 0 Å². The Morgan fingerprint density at radius 2 is 2.24 bits per heavy atom. The van der Waals surface area contributed by atoms with Crippen LogP contribution >= 0.6 is 0 Å². The van der Waals surface area contributed by atoms with Crippen molar-refractivity contribution < 1.29 is 19.1 Å². The molecule has 0 spiro atoms. The Morgan fingerprint density at radius 3 is 2.76 bits per heavy atom. The Hall–Kier alpha value is -1.60. The van der Waals surface area contributed by atoms with Gasteiger partial charge >= 0.3 is 12.0 Å². The van der Waals surface area contributed by atoms with Crippen LogP contribution in [0.4, 0.5) is 10.8 Å². The van der Waals surface area contributed by atoms with Crippen molar-refractivity contribution in [2.75, 3.05) is 18.5 Å². The first-order chi connectivity index (χ1) is 8.06. The van der Waals surface area contributed by atoms with Gasteiger partial charge in [0.25, 0.3) is 0 Å². The van der Waals surface area contributed by atoms with Crippen molar-refractivity contribution >= 4 is 12.0 Å². The van der Waals surface area contributed by atoms with Gasteiger partial charge in [0.2, 0.25) is 0 Å². The zero-order valence-corrected chi connectivity index (χ0v) is 9.69. The van der Waals surface area contributed by atoms with Crippen LogP contribution in [0.3, 0.4) is 0 Å². The molecule has 2 rings (SSSR count). The van der Waals surface area contributed by atoms with Crippen LogP contribution in [0.25, 0.3) is 0 Å². The number of hydrogen-bond acceptors (Lipinski definition) is 5. The number of carbonyl (C=O) groups is 1. The van der Waals surface area contributed by atoms with Crippen molar-refractivity contribution in [3.8, 4) is 0 Å². The minimum Gasteiger partial charge on any atom is -0.428 e. The molecule has 7 heteroatoms. The quantitative estimate of drug-likeness (QED) is 0.686. The minimum absolute atomic E-state index is 0.144. The molecule has 17 heavy (non-hydrogen) atoms. The first-order valence-electron chi connectivity index (χ1n) is 5.33. The third kappa shape index (κ3) is 2.75. The number of ether oxygens (including phenoxy) is 1. The topological polar surface area (TPSA) is 96.6 Å². The van der Waals surface area contributed by atoms with E-state index in [1.807, 2.05) is 0 Å². The van der Waals surface area contributed by atoms with E-state index >= 15 is 0 Å². The summed E-state index contributed by atoms with van der Waals surface area (Å²) in [7, 11) is 0. The van der Waals surface area contributed by atoms with Gasteiger partial charge in [0.15, 0.2) is 0 Å². The van der Waals surface area contributed by atoms with Crippen molar-refractivity contribution in [3.05, 3.63) is 11.5 Å². The average molecular weight is 241 g/mol. The van der Waals surface area contributed by atoms with Crippen molar-refractivity contribution in [1.82, 2.24) is 10.3 Å². The predicted octanol–water partition coefficient (Wildman–Crippen LogP) is 0.173. The number of nitrogens with one attached hydrogen (secondary N) is 2. The van der Waals surface area contributed by atoms with Gasteiger partial charge in [0, 0.05) is 0 Å². The van der Waals surface area contributed by atoms with Crippen LogP contribution in [-0.2, 0) is 4.74 Å². The maximum atomic E-state index is 11.5. The number of aliphatic hydroxyl groups excluding tert-OH is 1. The Labute approximate surface area is 98.2 Å². The molecule has 1 aromatic heterocycles. The number of oxazole rings is 1. The van der Waals surface area contributed by atoms with Gasteiger partial charge in [0.1, 0.15) is 5.76 Å². The summed E-state index contributed by atoms with van der Waals surface area (Å²) in [6.45, 7) is 4.09. The van der Waals surface area contributed by atoms with Crippen LogP contribution in [-0.4, -0.2) is 41.5 Å². The molecule has 0 saturated carbocycles. The molecule has 2 heterocycles. The number of aliphatic hydroxyl groups is 1. The molecule has 1 aliphatic rings. The fraction of sp³-hybridized carbons (Fsp3) is 0.600. The van der Waals surface area contributed by atoms with Crippen molar-refractivity contribution in [2.24, 2.45) is 0 Å². The number of hydrogen-bond donors (Lipinski definition) is 3. The molecule has 0 bridgehead atoms. The van der Waals surface area contributed by atoms with Gasteiger partial charge in [-0.25, -0.2) is 4.79 Å². The van der Waals surface area contributed by atoms with Crippen molar-refractivity contribution in [1.29, 1.82) is 0 Å². The summed E-state index contributed by atoms with van der Waals surface area (Å²) in [5, 5.41) is 14.5. The van der Waals surface area contributed by atoms with Crippen LogP contribution in [0.5, 0.6) is 0 Å². The zero-order chi connectivity index (χ0) is 12.4. The average Bonchev–Trinajstić information content (AvgIpc) is 2.76. The maximum absolute atomic E-state index is 11.5. The maximum Gasteiger partial charge on any atom is 0.323 e. The molecule has 1 aromatic rings. The predicted molar refractivity (Wildman–Crippen MR) is 58.7 cm³/mol. The summed E-state index contributed by atoms with van der Waals surface area (Å²) >= 11 is 0. The number of carbonyl (C=O) groups excluding carboxylic acids is 1. The van der Waals surface area contributed by atoms with Gasteiger partial charge < -0.3 is 19.6 Å². The lowest BCUT2D eigenvalue weighted by molar-refractivity contribution is 0.123.